The minimum Gasteiger partial charge on any atom is -0.478 e. The minimum absolute atomic E-state index is 0.0127. The molecule has 0 amide bonds. The molecule has 0 atom stereocenters. The molecule has 1 aliphatic rings. The largest absolute Gasteiger partial charge is 0.478 e. The van der Waals surface area contributed by atoms with E-state index < -0.39 is 17.7 Å². The number of benzene rings is 1. The van der Waals surface area contributed by atoms with Gasteiger partial charge in [-0.3, -0.25) is 0 Å². The van der Waals surface area contributed by atoms with Gasteiger partial charge in [0, 0.05) is 6.42 Å². The third-order valence-electron chi connectivity index (χ3n) is 3.16. The van der Waals surface area contributed by atoms with Crippen LogP contribution in [-0.2, 0) is 9.53 Å². The van der Waals surface area contributed by atoms with Crippen LogP contribution in [0.1, 0.15) is 22.3 Å². The molecule has 1 aromatic rings. The maximum atomic E-state index is 11.8. The summed E-state index contributed by atoms with van der Waals surface area (Å²) in [5.41, 5.74) is 0.649. The molecule has 3 N–H and O–H groups in total. The summed E-state index contributed by atoms with van der Waals surface area (Å²) in [5, 5.41) is 28.5. The number of allylic oxidation sites excluding steroid dienone is 2. The number of carbonyl (C=O) groups is 2. The van der Waals surface area contributed by atoms with Crippen LogP contribution in [0.2, 0.25) is 0 Å². The Morgan fingerprint density at radius 1 is 1.24 bits per heavy atom. The highest BCUT2D eigenvalue weighted by Crippen LogP contribution is 2.33. The van der Waals surface area contributed by atoms with Crippen molar-refractivity contribution in [2.75, 3.05) is 7.11 Å². The number of hydrogen-bond acceptors (Lipinski definition) is 5. The van der Waals surface area contributed by atoms with Crippen LogP contribution in [0.4, 0.5) is 0 Å². The van der Waals surface area contributed by atoms with Gasteiger partial charge in [-0.25, -0.2) is 9.59 Å². The number of aromatic carboxylic acids is 1. The molecule has 0 fully saturated rings. The molecule has 0 saturated heterocycles. The Labute approximate surface area is 120 Å². The Kier molecular flexibility index (Phi) is 3.93. The van der Waals surface area contributed by atoms with Crippen LogP contribution in [0.15, 0.2) is 42.0 Å². The molecule has 1 aromatic carbocycles. The van der Waals surface area contributed by atoms with E-state index in [0.29, 0.717) is 11.1 Å². The van der Waals surface area contributed by atoms with Gasteiger partial charge in [0.15, 0.2) is 5.79 Å². The van der Waals surface area contributed by atoms with Crippen molar-refractivity contribution in [2.45, 2.75) is 12.2 Å². The second kappa shape index (κ2) is 5.51. The van der Waals surface area contributed by atoms with Crippen molar-refractivity contribution in [3.63, 3.8) is 0 Å². The van der Waals surface area contributed by atoms with Gasteiger partial charge in [0.2, 0.25) is 0 Å². The SMILES string of the molecule is COC(=O)C1=C(c2ccccc2C(=O)O)C=CC(O)(O)C1. The lowest BCUT2D eigenvalue weighted by atomic mass is 9.87. The van der Waals surface area contributed by atoms with Gasteiger partial charge in [0.05, 0.1) is 18.2 Å². The molecule has 0 spiro atoms. The van der Waals surface area contributed by atoms with Gasteiger partial charge in [0.1, 0.15) is 0 Å². The molecule has 0 heterocycles. The fraction of sp³-hybridized carbons (Fsp3) is 0.200. The summed E-state index contributed by atoms with van der Waals surface area (Å²) < 4.78 is 4.63. The Morgan fingerprint density at radius 3 is 2.52 bits per heavy atom. The van der Waals surface area contributed by atoms with Crippen LogP contribution in [0.5, 0.6) is 0 Å². The molecule has 0 unspecified atom stereocenters. The lowest BCUT2D eigenvalue weighted by Crippen LogP contribution is -2.30. The number of rotatable bonds is 3. The highest BCUT2D eigenvalue weighted by molar-refractivity contribution is 6.04. The van der Waals surface area contributed by atoms with Crippen molar-refractivity contribution < 1.29 is 29.6 Å². The van der Waals surface area contributed by atoms with Crippen molar-refractivity contribution in [2.24, 2.45) is 0 Å². The zero-order chi connectivity index (χ0) is 15.6. The van der Waals surface area contributed by atoms with Crippen LogP contribution in [0.3, 0.4) is 0 Å². The summed E-state index contributed by atoms with van der Waals surface area (Å²) >= 11 is 0. The summed E-state index contributed by atoms with van der Waals surface area (Å²) in [6.45, 7) is 0. The van der Waals surface area contributed by atoms with Crippen LogP contribution in [-0.4, -0.2) is 40.2 Å². The van der Waals surface area contributed by atoms with E-state index in [1.54, 1.807) is 18.2 Å². The molecular formula is C15H14O6. The summed E-state index contributed by atoms with van der Waals surface area (Å²) in [6, 6.07) is 6.17. The lowest BCUT2D eigenvalue weighted by molar-refractivity contribution is -0.142. The first-order valence-electron chi connectivity index (χ1n) is 6.14. The Morgan fingerprint density at radius 2 is 1.90 bits per heavy atom. The summed E-state index contributed by atoms with van der Waals surface area (Å²) in [7, 11) is 1.17. The number of ether oxygens (including phenoxy) is 1. The lowest BCUT2D eigenvalue weighted by Gasteiger charge is -2.25. The van der Waals surface area contributed by atoms with E-state index in [1.807, 2.05) is 0 Å². The summed E-state index contributed by atoms with van der Waals surface area (Å²) in [5.74, 6) is -4.03. The molecule has 6 nitrogen and oxygen atoms in total. The molecule has 0 saturated carbocycles. The van der Waals surface area contributed by atoms with E-state index in [0.717, 1.165) is 6.08 Å². The monoisotopic (exact) mass is 290 g/mol. The summed E-state index contributed by atoms with van der Waals surface area (Å²) in [4.78, 5) is 23.1. The average molecular weight is 290 g/mol. The maximum Gasteiger partial charge on any atom is 0.336 e. The number of carbonyl (C=O) groups excluding carboxylic acids is 1. The predicted molar refractivity (Wildman–Crippen MR) is 73.3 cm³/mol. The molecule has 0 bridgehead atoms. The van der Waals surface area contributed by atoms with Crippen LogP contribution >= 0.6 is 0 Å². The van der Waals surface area contributed by atoms with Crippen LogP contribution in [0, 0.1) is 0 Å². The summed E-state index contributed by atoms with van der Waals surface area (Å²) in [6.07, 6.45) is 2.05. The van der Waals surface area contributed by atoms with Crippen molar-refractivity contribution in [3.05, 3.63) is 53.1 Å². The fourth-order valence-corrected chi connectivity index (χ4v) is 2.19. The third kappa shape index (κ3) is 3.01. The van der Waals surface area contributed by atoms with E-state index in [4.69, 9.17) is 0 Å². The average Bonchev–Trinajstić information content (AvgIpc) is 2.45. The quantitative estimate of drug-likeness (QED) is 0.565. The van der Waals surface area contributed by atoms with Crippen LogP contribution < -0.4 is 0 Å². The van der Waals surface area contributed by atoms with Gasteiger partial charge in [-0.15, -0.1) is 0 Å². The van der Waals surface area contributed by atoms with E-state index in [-0.39, 0.29) is 17.6 Å². The first kappa shape index (κ1) is 15.0. The van der Waals surface area contributed by atoms with Gasteiger partial charge in [-0.1, -0.05) is 24.3 Å². The zero-order valence-electron chi connectivity index (χ0n) is 11.2. The molecule has 6 heteroatoms. The molecule has 0 aliphatic heterocycles. The number of carboxylic acid groups (broad SMARTS) is 1. The van der Waals surface area contributed by atoms with E-state index in [1.165, 1.54) is 19.3 Å². The van der Waals surface area contributed by atoms with Gasteiger partial charge in [0.25, 0.3) is 0 Å². The Hall–Kier alpha value is -2.44. The first-order chi connectivity index (χ1) is 9.85. The van der Waals surface area contributed by atoms with Crippen molar-refractivity contribution in [1.82, 2.24) is 0 Å². The van der Waals surface area contributed by atoms with Crippen molar-refractivity contribution >= 4 is 17.5 Å². The Balaban J connectivity index is 2.64. The second-order valence-corrected chi connectivity index (χ2v) is 4.62. The highest BCUT2D eigenvalue weighted by atomic mass is 16.5. The first-order valence-corrected chi connectivity index (χ1v) is 6.14. The van der Waals surface area contributed by atoms with Gasteiger partial charge in [-0.2, -0.15) is 0 Å². The molecule has 110 valence electrons. The van der Waals surface area contributed by atoms with E-state index in [9.17, 15) is 24.9 Å². The zero-order valence-corrected chi connectivity index (χ0v) is 11.2. The number of aliphatic hydroxyl groups is 2. The van der Waals surface area contributed by atoms with Gasteiger partial charge in [-0.05, 0) is 23.3 Å². The van der Waals surface area contributed by atoms with Crippen molar-refractivity contribution in [3.8, 4) is 0 Å². The molecule has 1 aliphatic carbocycles. The van der Waals surface area contributed by atoms with Crippen molar-refractivity contribution in [1.29, 1.82) is 0 Å². The fourth-order valence-electron chi connectivity index (χ4n) is 2.19. The molecular weight excluding hydrogens is 276 g/mol. The minimum atomic E-state index is -2.16. The Bertz CT molecular complexity index is 654. The smallest absolute Gasteiger partial charge is 0.336 e. The predicted octanol–water partition coefficient (Wildman–Crippen LogP) is 0.952. The van der Waals surface area contributed by atoms with Gasteiger partial charge >= 0.3 is 11.9 Å². The standard InChI is InChI=1S/C15H14O6/c1-21-14(18)12-8-15(19,20)7-6-10(12)9-4-2-3-5-11(9)13(16)17/h2-7,19-20H,8H2,1H3,(H,16,17). The van der Waals surface area contributed by atoms with Crippen LogP contribution in [0.25, 0.3) is 5.57 Å². The third-order valence-corrected chi connectivity index (χ3v) is 3.16. The molecule has 0 radical (unpaired) electrons. The number of carboxylic acids is 1. The number of methoxy groups -OCH3 is 1. The normalized spacial score (nSPS) is 16.7. The van der Waals surface area contributed by atoms with E-state index in [2.05, 4.69) is 4.74 Å². The highest BCUT2D eigenvalue weighted by Gasteiger charge is 2.32. The topological polar surface area (TPSA) is 104 Å². The molecule has 2 rings (SSSR count). The maximum absolute atomic E-state index is 11.8. The van der Waals surface area contributed by atoms with Gasteiger partial charge < -0.3 is 20.1 Å². The number of hydrogen-bond donors (Lipinski definition) is 3. The number of esters is 1. The second-order valence-electron chi connectivity index (χ2n) is 4.62. The molecule has 0 aromatic heterocycles. The molecule has 21 heavy (non-hydrogen) atoms. The van der Waals surface area contributed by atoms with E-state index >= 15 is 0 Å².